The summed E-state index contributed by atoms with van der Waals surface area (Å²) in [6.07, 6.45) is 7.72. The summed E-state index contributed by atoms with van der Waals surface area (Å²) in [7, 11) is 3.56. The normalized spacial score (nSPS) is 49.5. The average molecular weight is 550 g/mol. The van der Waals surface area contributed by atoms with Crippen LogP contribution in [0.15, 0.2) is 11.6 Å². The second kappa shape index (κ2) is 7.79. The maximum Gasteiger partial charge on any atom is 0.424 e. The van der Waals surface area contributed by atoms with E-state index in [1.807, 2.05) is 19.9 Å². The molecule has 5 fully saturated rings. The molecule has 6 rings (SSSR count). The molecule has 1 N–H and O–H groups in total. The molecule has 1 heterocycles. The number of Topliss-reactive ketones (excluding diaryl/α,β-unsaturated/α-hetero) is 1. The number of carbonyl (C=O) groups is 3. The van der Waals surface area contributed by atoms with Gasteiger partial charge in [0, 0.05) is 36.4 Å². The van der Waals surface area contributed by atoms with E-state index in [9.17, 15) is 14.4 Å². The van der Waals surface area contributed by atoms with Crippen LogP contribution in [0, 0.1) is 51.4 Å². The van der Waals surface area contributed by atoms with Gasteiger partial charge in [0.15, 0.2) is 11.9 Å². The van der Waals surface area contributed by atoms with Crippen molar-refractivity contribution >= 4 is 17.6 Å². The van der Waals surface area contributed by atoms with E-state index in [0.717, 1.165) is 50.5 Å². The van der Waals surface area contributed by atoms with E-state index in [0.29, 0.717) is 0 Å². The number of rotatable bonds is 1. The number of nitrogens with one attached hydrogen (secondary N) is 1. The van der Waals surface area contributed by atoms with Gasteiger partial charge in [-0.2, -0.15) is 0 Å². The lowest BCUT2D eigenvalue weighted by molar-refractivity contribution is -0.165. The number of epoxide rings is 1. The molecule has 9 atom stereocenters. The number of allylic oxidation sites excluding steroid dienone is 1. The maximum atomic E-state index is 14.6. The van der Waals surface area contributed by atoms with Gasteiger partial charge in [0.2, 0.25) is 0 Å². The van der Waals surface area contributed by atoms with Crippen molar-refractivity contribution in [1.29, 1.82) is 0 Å². The zero-order valence-corrected chi connectivity index (χ0v) is 25.9. The van der Waals surface area contributed by atoms with Crippen LogP contribution in [-0.2, 0) is 14.3 Å². The van der Waals surface area contributed by atoms with Crippen molar-refractivity contribution in [1.82, 2.24) is 10.2 Å². The van der Waals surface area contributed by atoms with Crippen molar-refractivity contribution < 1.29 is 19.1 Å². The Balaban J connectivity index is 1.49. The fourth-order valence-electron chi connectivity index (χ4n) is 11.0. The molecule has 7 nitrogen and oxygen atoms in total. The molecule has 1 aliphatic heterocycles. The topological polar surface area (TPSA) is 83.4 Å². The first kappa shape index (κ1) is 27.9. The largest absolute Gasteiger partial charge is 0.424 e. The first-order chi connectivity index (χ1) is 18.4. The van der Waals surface area contributed by atoms with E-state index >= 15 is 0 Å². The molecule has 2 amide bonds. The Kier molecular flexibility index (Phi) is 5.44. The van der Waals surface area contributed by atoms with Crippen LogP contribution in [0.25, 0.3) is 4.85 Å². The summed E-state index contributed by atoms with van der Waals surface area (Å²) in [5.74, 6) is -0.0673. The molecule has 218 valence electrons. The van der Waals surface area contributed by atoms with Crippen LogP contribution < -0.4 is 5.32 Å². The lowest BCUT2D eigenvalue weighted by Gasteiger charge is -2.69. The number of ether oxygens (including phenoxy) is 1. The van der Waals surface area contributed by atoms with Gasteiger partial charge in [-0.25, -0.2) is 11.4 Å². The van der Waals surface area contributed by atoms with Crippen molar-refractivity contribution in [3.05, 3.63) is 23.1 Å². The molecule has 7 heteroatoms. The van der Waals surface area contributed by atoms with Gasteiger partial charge < -0.3 is 10.2 Å². The zero-order valence-electron chi connectivity index (χ0n) is 25.9. The highest BCUT2D eigenvalue weighted by molar-refractivity contribution is 6.00. The van der Waals surface area contributed by atoms with E-state index < -0.39 is 28.2 Å². The van der Waals surface area contributed by atoms with Gasteiger partial charge in [-0.15, -0.1) is 0 Å². The van der Waals surface area contributed by atoms with Gasteiger partial charge in [0.05, 0.1) is 0 Å². The first-order valence-electron chi connectivity index (χ1n) is 15.2. The second-order valence-corrected chi connectivity index (χ2v) is 16.4. The van der Waals surface area contributed by atoms with Crippen LogP contribution in [0.5, 0.6) is 0 Å². The predicted molar refractivity (Wildman–Crippen MR) is 152 cm³/mol. The maximum absolute atomic E-state index is 14.6. The Bertz CT molecular complexity index is 1290. The number of hydrogen-bond acceptors (Lipinski definition) is 4. The molecule has 6 aliphatic rings. The summed E-state index contributed by atoms with van der Waals surface area (Å²) in [5.41, 5.74) is -2.44. The van der Waals surface area contributed by atoms with Crippen LogP contribution in [0.2, 0.25) is 0 Å². The summed E-state index contributed by atoms with van der Waals surface area (Å²) in [6, 6.07) is -0.0810. The molecule has 40 heavy (non-hydrogen) atoms. The summed E-state index contributed by atoms with van der Waals surface area (Å²) < 4.78 is 6.12. The fraction of sp³-hybridized carbons (Fsp3) is 0.818. The number of ketones is 2. The molecule has 0 aromatic heterocycles. The molecule has 0 bridgehead atoms. The molecule has 5 aliphatic carbocycles. The Labute approximate surface area is 239 Å². The van der Waals surface area contributed by atoms with Gasteiger partial charge in [0.1, 0.15) is 0 Å². The van der Waals surface area contributed by atoms with Crippen LogP contribution in [0.1, 0.15) is 93.4 Å². The van der Waals surface area contributed by atoms with Crippen molar-refractivity contribution in [2.75, 3.05) is 14.1 Å². The summed E-state index contributed by atoms with van der Waals surface area (Å²) in [6.45, 7) is 23.4. The molecular weight excluding hydrogens is 502 g/mol. The van der Waals surface area contributed by atoms with Crippen molar-refractivity contribution in [2.45, 2.75) is 111 Å². The van der Waals surface area contributed by atoms with E-state index in [1.165, 1.54) is 0 Å². The monoisotopic (exact) mass is 549 g/mol. The van der Waals surface area contributed by atoms with Crippen LogP contribution in [-0.4, -0.2) is 54.0 Å². The number of amides is 2. The van der Waals surface area contributed by atoms with Gasteiger partial charge in [-0.05, 0) is 79.1 Å². The van der Waals surface area contributed by atoms with Crippen LogP contribution >= 0.6 is 0 Å². The Hall–Kier alpha value is -2.20. The number of nitrogens with zero attached hydrogens (tertiary/aromatic N) is 2. The summed E-state index contributed by atoms with van der Waals surface area (Å²) in [5, 5.41) is 3.44. The van der Waals surface area contributed by atoms with Gasteiger partial charge >= 0.3 is 11.8 Å². The first-order valence-corrected chi connectivity index (χ1v) is 15.2. The zero-order chi connectivity index (χ0) is 29.5. The number of urea groups is 1. The number of fused-ring (bicyclic) bond motifs is 9. The molecule has 0 unspecified atom stereocenters. The smallest absolute Gasteiger partial charge is 0.332 e. The van der Waals surface area contributed by atoms with E-state index in [4.69, 9.17) is 11.3 Å². The Morgan fingerprint density at radius 1 is 1.02 bits per heavy atom. The molecule has 0 aromatic rings. The van der Waals surface area contributed by atoms with E-state index in [-0.39, 0.29) is 51.6 Å². The van der Waals surface area contributed by atoms with E-state index in [2.05, 4.69) is 44.8 Å². The standard InChI is InChI=1S/C33H47N3O4/c1-27(2)13-15-32(35-26(39)36(9)10)16-14-30(6)23(19(32)18-27)20(37)17-22-29(30,5)12-11-21-28(3,4)24(38)33(34-8)25(40-33)31(21,22)7/h17,19,21,23,25H,11-16,18H2,1-7,9-10H3,(H,35,39)/t19-,21-,23-,25+,29+,30+,31-,32-,33-/m0/s1. The molecule has 0 aromatic carbocycles. The quantitative estimate of drug-likeness (QED) is 0.331. The van der Waals surface area contributed by atoms with Gasteiger partial charge in [-0.3, -0.25) is 19.2 Å². The predicted octanol–water partition coefficient (Wildman–Crippen LogP) is 5.79. The summed E-state index contributed by atoms with van der Waals surface area (Å²) >= 11 is 0. The molecular formula is C33H47N3O4. The Morgan fingerprint density at radius 2 is 1.68 bits per heavy atom. The fourth-order valence-corrected chi connectivity index (χ4v) is 11.0. The molecule has 0 radical (unpaired) electrons. The third-order valence-electron chi connectivity index (χ3n) is 13.4. The molecule has 4 saturated carbocycles. The lowest BCUT2D eigenvalue weighted by Crippen LogP contribution is -2.71. The highest BCUT2D eigenvalue weighted by Crippen LogP contribution is 2.77. The minimum absolute atomic E-state index is 0.0119. The van der Waals surface area contributed by atoms with Crippen LogP contribution in [0.3, 0.4) is 0 Å². The molecule has 0 spiro atoms. The average Bonchev–Trinajstić information content (AvgIpc) is 3.62. The second-order valence-electron chi connectivity index (χ2n) is 16.4. The Morgan fingerprint density at radius 3 is 2.30 bits per heavy atom. The third kappa shape index (κ3) is 3.07. The SMILES string of the molecule is [C-]#[N+][C@@]12O[C@@H]1[C@]1(C)C3=CC(=O)[C@@H]4[C@@H]5CC(C)(C)CC[C@]5(NC(=O)N(C)C)CC[C@@]4(C)[C@]3(C)CC[C@H]1C(C)(C)C2=O. The molecule has 1 saturated heterocycles. The van der Waals surface area contributed by atoms with Crippen molar-refractivity contribution in [2.24, 2.45) is 44.8 Å². The highest BCUT2D eigenvalue weighted by atomic mass is 16.6. The minimum Gasteiger partial charge on any atom is -0.332 e. The van der Waals surface area contributed by atoms with E-state index in [1.54, 1.807) is 19.0 Å². The minimum atomic E-state index is -1.42. The highest BCUT2D eigenvalue weighted by Gasteiger charge is 2.87. The third-order valence-corrected chi connectivity index (χ3v) is 13.4. The van der Waals surface area contributed by atoms with Crippen LogP contribution in [0.4, 0.5) is 4.79 Å². The van der Waals surface area contributed by atoms with Gasteiger partial charge in [-0.1, -0.05) is 54.0 Å². The van der Waals surface area contributed by atoms with Gasteiger partial charge in [0.25, 0.3) is 5.78 Å². The van der Waals surface area contributed by atoms with Crippen molar-refractivity contribution in [3.63, 3.8) is 0 Å². The summed E-state index contributed by atoms with van der Waals surface area (Å²) in [4.78, 5) is 46.6. The number of hydrogen-bond donors (Lipinski definition) is 1. The lowest BCUT2D eigenvalue weighted by atomic mass is 9.34. The van der Waals surface area contributed by atoms with Crippen molar-refractivity contribution in [3.8, 4) is 0 Å². The number of carbonyl (C=O) groups excluding carboxylic acids is 3.